The van der Waals surface area contributed by atoms with Gasteiger partial charge in [0.2, 0.25) is 5.91 Å². The van der Waals surface area contributed by atoms with Crippen LogP contribution >= 0.6 is 0 Å². The third kappa shape index (κ3) is 2.62. The molecule has 5 heteroatoms. The predicted octanol–water partition coefficient (Wildman–Crippen LogP) is 1.63. The number of rotatable bonds is 4. The summed E-state index contributed by atoms with van der Waals surface area (Å²) >= 11 is 0. The van der Waals surface area contributed by atoms with Crippen molar-refractivity contribution < 1.29 is 4.79 Å². The van der Waals surface area contributed by atoms with E-state index in [0.717, 1.165) is 23.0 Å². The molecule has 1 amide bonds. The first-order valence-corrected chi connectivity index (χ1v) is 5.70. The molecule has 2 rings (SSSR count). The van der Waals surface area contributed by atoms with Crippen LogP contribution in [-0.2, 0) is 4.79 Å². The van der Waals surface area contributed by atoms with Crippen LogP contribution in [0.2, 0.25) is 0 Å². The fourth-order valence-electron chi connectivity index (χ4n) is 1.70. The lowest BCUT2D eigenvalue weighted by Gasteiger charge is -2.11. The summed E-state index contributed by atoms with van der Waals surface area (Å²) in [6.07, 6.45) is 3.31. The van der Waals surface area contributed by atoms with E-state index in [4.69, 9.17) is 5.73 Å². The van der Waals surface area contributed by atoms with E-state index in [2.05, 4.69) is 15.5 Å². The zero-order valence-corrected chi connectivity index (χ0v) is 9.73. The Bertz CT molecular complexity index is 520. The normalized spacial score (nSPS) is 12.6. The average Bonchev–Trinajstić information content (AvgIpc) is 2.76. The van der Waals surface area contributed by atoms with E-state index in [9.17, 15) is 4.79 Å². The van der Waals surface area contributed by atoms with Crippen LogP contribution in [0.1, 0.15) is 19.8 Å². The topological polar surface area (TPSA) is 83.8 Å². The minimum absolute atomic E-state index is 0.144. The summed E-state index contributed by atoms with van der Waals surface area (Å²) in [6.45, 7) is 2.00. The van der Waals surface area contributed by atoms with E-state index < -0.39 is 6.04 Å². The Hall–Kier alpha value is -1.88. The van der Waals surface area contributed by atoms with Gasteiger partial charge >= 0.3 is 0 Å². The number of aromatic nitrogens is 2. The van der Waals surface area contributed by atoms with Gasteiger partial charge in [-0.05, 0) is 24.6 Å². The van der Waals surface area contributed by atoms with Crippen molar-refractivity contribution in [2.75, 3.05) is 5.32 Å². The first-order valence-electron chi connectivity index (χ1n) is 5.70. The van der Waals surface area contributed by atoms with Crippen LogP contribution in [-0.4, -0.2) is 22.1 Å². The number of carbonyl (C=O) groups excluding carboxylic acids is 1. The molecule has 0 saturated heterocycles. The van der Waals surface area contributed by atoms with E-state index >= 15 is 0 Å². The zero-order valence-electron chi connectivity index (χ0n) is 9.73. The van der Waals surface area contributed by atoms with Gasteiger partial charge in [0, 0.05) is 11.1 Å². The number of hydrogen-bond acceptors (Lipinski definition) is 3. The van der Waals surface area contributed by atoms with Crippen molar-refractivity contribution >= 4 is 22.5 Å². The van der Waals surface area contributed by atoms with Crippen molar-refractivity contribution in [3.05, 3.63) is 24.4 Å². The second-order valence-electron chi connectivity index (χ2n) is 4.06. The lowest BCUT2D eigenvalue weighted by molar-refractivity contribution is -0.117. The molecule has 2 aromatic rings. The molecule has 17 heavy (non-hydrogen) atoms. The molecule has 0 radical (unpaired) electrons. The molecule has 0 aliphatic carbocycles. The van der Waals surface area contributed by atoms with Gasteiger partial charge in [-0.2, -0.15) is 5.10 Å². The monoisotopic (exact) mass is 232 g/mol. The maximum Gasteiger partial charge on any atom is 0.241 e. The Morgan fingerprint density at radius 2 is 2.41 bits per heavy atom. The first kappa shape index (κ1) is 11.6. The highest BCUT2D eigenvalue weighted by Crippen LogP contribution is 2.16. The number of hydrogen-bond donors (Lipinski definition) is 3. The van der Waals surface area contributed by atoms with Gasteiger partial charge in [-0.1, -0.05) is 13.3 Å². The largest absolute Gasteiger partial charge is 0.325 e. The fraction of sp³-hybridized carbons (Fsp3) is 0.333. The van der Waals surface area contributed by atoms with Gasteiger partial charge in [-0.3, -0.25) is 9.89 Å². The van der Waals surface area contributed by atoms with Gasteiger partial charge in [0.1, 0.15) is 0 Å². The molecule has 4 N–H and O–H groups in total. The Balaban J connectivity index is 2.09. The number of H-pyrrole nitrogens is 1. The van der Waals surface area contributed by atoms with Gasteiger partial charge in [-0.25, -0.2) is 0 Å². The molecule has 0 bridgehead atoms. The second-order valence-corrected chi connectivity index (χ2v) is 4.06. The molecule has 1 aromatic carbocycles. The molecule has 0 saturated carbocycles. The highest BCUT2D eigenvalue weighted by molar-refractivity contribution is 5.96. The summed E-state index contributed by atoms with van der Waals surface area (Å²) in [5.41, 5.74) is 7.43. The van der Waals surface area contributed by atoms with E-state index in [1.54, 1.807) is 6.20 Å². The zero-order chi connectivity index (χ0) is 12.3. The molecule has 1 atom stereocenters. The molecule has 0 spiro atoms. The van der Waals surface area contributed by atoms with Gasteiger partial charge in [0.25, 0.3) is 0 Å². The van der Waals surface area contributed by atoms with Gasteiger partial charge in [-0.15, -0.1) is 0 Å². The summed E-state index contributed by atoms with van der Waals surface area (Å²) in [7, 11) is 0. The SMILES string of the molecule is CCC[C@@H](N)C(=O)Nc1ccc2[nH]ncc2c1. The number of aromatic amines is 1. The summed E-state index contributed by atoms with van der Waals surface area (Å²) < 4.78 is 0. The van der Waals surface area contributed by atoms with Gasteiger partial charge in [0.05, 0.1) is 17.8 Å². The van der Waals surface area contributed by atoms with E-state index in [-0.39, 0.29) is 5.91 Å². The molecule has 5 nitrogen and oxygen atoms in total. The van der Waals surface area contributed by atoms with Crippen molar-refractivity contribution in [1.82, 2.24) is 10.2 Å². The number of carbonyl (C=O) groups is 1. The van der Waals surface area contributed by atoms with Crippen LogP contribution in [0.3, 0.4) is 0 Å². The molecule has 0 aliphatic rings. The number of nitrogens with one attached hydrogen (secondary N) is 2. The first-order chi connectivity index (χ1) is 8.20. The van der Waals surface area contributed by atoms with Crippen LogP contribution in [0.5, 0.6) is 0 Å². The average molecular weight is 232 g/mol. The molecule has 0 aliphatic heterocycles. The van der Waals surface area contributed by atoms with Crippen molar-refractivity contribution in [1.29, 1.82) is 0 Å². The van der Waals surface area contributed by atoms with Crippen LogP contribution in [0.25, 0.3) is 10.9 Å². The number of fused-ring (bicyclic) bond motifs is 1. The maximum atomic E-state index is 11.7. The van der Waals surface area contributed by atoms with Gasteiger partial charge in [0.15, 0.2) is 0 Å². The standard InChI is InChI=1S/C12H16N4O/c1-2-3-10(13)12(17)15-9-4-5-11-8(6-9)7-14-16-11/h4-7,10H,2-3,13H2,1H3,(H,14,16)(H,15,17)/t10-/m1/s1. The highest BCUT2D eigenvalue weighted by Gasteiger charge is 2.12. The summed E-state index contributed by atoms with van der Waals surface area (Å²) in [4.78, 5) is 11.7. The maximum absolute atomic E-state index is 11.7. The van der Waals surface area contributed by atoms with Crippen LogP contribution in [0, 0.1) is 0 Å². The lowest BCUT2D eigenvalue weighted by Crippen LogP contribution is -2.35. The number of nitrogens with two attached hydrogens (primary N) is 1. The Morgan fingerprint density at radius 3 is 3.18 bits per heavy atom. The minimum atomic E-state index is -0.444. The highest BCUT2D eigenvalue weighted by atomic mass is 16.2. The third-order valence-corrected chi connectivity index (χ3v) is 2.64. The lowest BCUT2D eigenvalue weighted by atomic mass is 10.1. The number of benzene rings is 1. The van der Waals surface area contributed by atoms with Crippen molar-refractivity contribution in [3.8, 4) is 0 Å². The Kier molecular flexibility index (Phi) is 3.39. The molecule has 90 valence electrons. The van der Waals surface area contributed by atoms with Gasteiger partial charge < -0.3 is 11.1 Å². The number of nitrogens with zero attached hydrogens (tertiary/aromatic N) is 1. The van der Waals surface area contributed by atoms with E-state index in [1.807, 2.05) is 25.1 Å². The summed E-state index contributed by atoms with van der Waals surface area (Å²) in [5.74, 6) is -0.144. The summed E-state index contributed by atoms with van der Waals surface area (Å²) in [6, 6.07) is 5.13. The van der Waals surface area contributed by atoms with Crippen molar-refractivity contribution in [2.45, 2.75) is 25.8 Å². The van der Waals surface area contributed by atoms with Crippen LogP contribution in [0.4, 0.5) is 5.69 Å². The molecule has 1 heterocycles. The van der Waals surface area contributed by atoms with Crippen molar-refractivity contribution in [3.63, 3.8) is 0 Å². The minimum Gasteiger partial charge on any atom is -0.325 e. The molecule has 0 fully saturated rings. The third-order valence-electron chi connectivity index (χ3n) is 2.64. The molecular weight excluding hydrogens is 216 g/mol. The summed E-state index contributed by atoms with van der Waals surface area (Å²) in [5, 5.41) is 10.5. The quantitative estimate of drug-likeness (QED) is 0.749. The molecular formula is C12H16N4O. The molecule has 1 aromatic heterocycles. The smallest absolute Gasteiger partial charge is 0.241 e. The number of amides is 1. The Morgan fingerprint density at radius 1 is 1.59 bits per heavy atom. The van der Waals surface area contributed by atoms with E-state index in [0.29, 0.717) is 6.42 Å². The predicted molar refractivity (Wildman–Crippen MR) is 67.6 cm³/mol. The van der Waals surface area contributed by atoms with Crippen LogP contribution in [0.15, 0.2) is 24.4 Å². The Labute approximate surface area is 99.4 Å². The fourth-order valence-corrected chi connectivity index (χ4v) is 1.70. The van der Waals surface area contributed by atoms with E-state index in [1.165, 1.54) is 0 Å². The molecule has 0 unspecified atom stereocenters. The van der Waals surface area contributed by atoms with Crippen LogP contribution < -0.4 is 11.1 Å². The number of anilines is 1. The van der Waals surface area contributed by atoms with Crippen molar-refractivity contribution in [2.24, 2.45) is 5.73 Å². The second kappa shape index (κ2) is 4.97.